The van der Waals surface area contributed by atoms with Crippen LogP contribution in [-0.4, -0.2) is 31.6 Å². The molecule has 0 aromatic heterocycles. The van der Waals surface area contributed by atoms with E-state index in [1.165, 1.54) is 5.56 Å². The van der Waals surface area contributed by atoms with E-state index in [9.17, 15) is 5.26 Å². The number of benzene rings is 1. The number of thioether (sulfide) groups is 1. The van der Waals surface area contributed by atoms with Crippen molar-refractivity contribution < 1.29 is 0 Å². The second-order valence-corrected chi connectivity index (χ2v) is 5.97. The maximum atomic E-state index is 9.37. The Balaban J connectivity index is 2.85. The Bertz CT molecular complexity index is 454. The monoisotopic (exact) mass is 291 g/mol. The molecule has 0 bridgehead atoms. The zero-order valence-corrected chi connectivity index (χ0v) is 13.8. The minimum absolute atomic E-state index is 0.418. The van der Waals surface area contributed by atoms with Crippen LogP contribution < -0.4 is 10.2 Å². The van der Waals surface area contributed by atoms with Crippen molar-refractivity contribution >= 4 is 17.4 Å². The quantitative estimate of drug-likeness (QED) is 0.746. The number of nitriles is 1. The normalized spacial score (nSPS) is 11.9. The van der Waals surface area contributed by atoms with Crippen LogP contribution in [0.4, 0.5) is 5.69 Å². The first-order valence-electron chi connectivity index (χ1n) is 7.09. The summed E-state index contributed by atoms with van der Waals surface area (Å²) >= 11 is 1.83. The zero-order valence-electron chi connectivity index (χ0n) is 12.9. The van der Waals surface area contributed by atoms with Crippen LogP contribution in [0.2, 0.25) is 0 Å². The Labute approximate surface area is 127 Å². The van der Waals surface area contributed by atoms with E-state index in [1.54, 1.807) is 0 Å². The molecular formula is C16H25N3S. The van der Waals surface area contributed by atoms with Gasteiger partial charge >= 0.3 is 0 Å². The van der Waals surface area contributed by atoms with Crippen molar-refractivity contribution in [3.8, 4) is 6.07 Å². The molecule has 1 N–H and O–H groups in total. The van der Waals surface area contributed by atoms with Gasteiger partial charge < -0.3 is 10.2 Å². The molecule has 0 amide bonds. The van der Waals surface area contributed by atoms with Crippen molar-refractivity contribution in [2.75, 3.05) is 30.5 Å². The van der Waals surface area contributed by atoms with Gasteiger partial charge in [-0.3, -0.25) is 0 Å². The summed E-state index contributed by atoms with van der Waals surface area (Å²) in [4.78, 5) is 2.19. The van der Waals surface area contributed by atoms with Crippen molar-refractivity contribution in [3.05, 3.63) is 29.3 Å². The highest BCUT2D eigenvalue weighted by Gasteiger charge is 2.13. The van der Waals surface area contributed by atoms with E-state index in [0.29, 0.717) is 6.04 Å². The molecule has 1 unspecified atom stereocenters. The van der Waals surface area contributed by atoms with Crippen LogP contribution in [0.15, 0.2) is 18.2 Å². The van der Waals surface area contributed by atoms with Gasteiger partial charge in [-0.2, -0.15) is 17.0 Å². The highest BCUT2D eigenvalue weighted by Crippen LogP contribution is 2.23. The summed E-state index contributed by atoms with van der Waals surface area (Å²) in [7, 11) is 2.06. The van der Waals surface area contributed by atoms with E-state index >= 15 is 0 Å². The molecule has 0 aliphatic carbocycles. The van der Waals surface area contributed by atoms with E-state index in [4.69, 9.17) is 0 Å². The van der Waals surface area contributed by atoms with Gasteiger partial charge in [0.1, 0.15) is 6.07 Å². The highest BCUT2D eigenvalue weighted by atomic mass is 32.2. The number of rotatable bonds is 8. The summed E-state index contributed by atoms with van der Waals surface area (Å²) in [6.07, 6.45) is 3.23. The fourth-order valence-electron chi connectivity index (χ4n) is 2.09. The number of hydrogen-bond donors (Lipinski definition) is 1. The van der Waals surface area contributed by atoms with Gasteiger partial charge in [-0.1, -0.05) is 13.0 Å². The average Bonchev–Trinajstić information content (AvgIpc) is 2.47. The van der Waals surface area contributed by atoms with E-state index in [-0.39, 0.29) is 0 Å². The number of nitrogens with one attached hydrogen (secondary N) is 1. The molecule has 0 heterocycles. The standard InChI is InChI=1S/C16H25N3S/c1-5-8-18-11-14-6-7-16(15(9-14)10-17)19(3)13(2)12-20-4/h6-7,9,13,18H,5,8,11-12H2,1-4H3. The molecule has 110 valence electrons. The Hall–Kier alpha value is -1.18. The molecule has 0 aliphatic rings. The van der Waals surface area contributed by atoms with Crippen molar-refractivity contribution in [2.45, 2.75) is 32.9 Å². The third kappa shape index (κ3) is 4.73. The average molecular weight is 291 g/mol. The summed E-state index contributed by atoms with van der Waals surface area (Å²) in [6.45, 7) is 6.18. The van der Waals surface area contributed by atoms with E-state index in [2.05, 4.69) is 55.6 Å². The molecule has 0 aliphatic heterocycles. The summed E-state index contributed by atoms with van der Waals surface area (Å²) in [6, 6.07) is 8.93. The van der Waals surface area contributed by atoms with Crippen LogP contribution in [0, 0.1) is 11.3 Å². The lowest BCUT2D eigenvalue weighted by Crippen LogP contribution is -2.31. The minimum atomic E-state index is 0.418. The van der Waals surface area contributed by atoms with Gasteiger partial charge in [-0.05, 0) is 43.8 Å². The van der Waals surface area contributed by atoms with Gasteiger partial charge in [0.15, 0.2) is 0 Å². The van der Waals surface area contributed by atoms with Crippen molar-refractivity contribution in [2.24, 2.45) is 0 Å². The van der Waals surface area contributed by atoms with Crippen molar-refractivity contribution in [3.63, 3.8) is 0 Å². The molecule has 1 aromatic rings. The minimum Gasteiger partial charge on any atom is -0.370 e. The highest BCUT2D eigenvalue weighted by molar-refractivity contribution is 7.98. The maximum Gasteiger partial charge on any atom is 0.101 e. The van der Waals surface area contributed by atoms with Crippen LogP contribution in [0.25, 0.3) is 0 Å². The summed E-state index contributed by atoms with van der Waals surface area (Å²) < 4.78 is 0. The molecule has 1 aromatic carbocycles. The third-order valence-corrected chi connectivity index (χ3v) is 4.20. The van der Waals surface area contributed by atoms with Crippen LogP contribution >= 0.6 is 11.8 Å². The molecule has 0 spiro atoms. The number of hydrogen-bond acceptors (Lipinski definition) is 4. The molecule has 0 radical (unpaired) electrons. The largest absolute Gasteiger partial charge is 0.370 e. The van der Waals surface area contributed by atoms with Gasteiger partial charge in [-0.15, -0.1) is 0 Å². The molecule has 4 heteroatoms. The predicted molar refractivity (Wildman–Crippen MR) is 89.4 cm³/mol. The lowest BCUT2D eigenvalue weighted by molar-refractivity contribution is 0.675. The van der Waals surface area contributed by atoms with E-state index in [1.807, 2.05) is 17.8 Å². The van der Waals surface area contributed by atoms with Crippen LogP contribution in [0.1, 0.15) is 31.4 Å². The van der Waals surface area contributed by atoms with Crippen molar-refractivity contribution in [1.29, 1.82) is 5.26 Å². The van der Waals surface area contributed by atoms with E-state index in [0.717, 1.165) is 36.5 Å². The molecule has 0 saturated heterocycles. The summed E-state index contributed by atoms with van der Waals surface area (Å²) in [5.74, 6) is 1.06. The summed E-state index contributed by atoms with van der Waals surface area (Å²) in [5, 5.41) is 12.7. The topological polar surface area (TPSA) is 39.1 Å². The molecule has 1 atom stereocenters. The molecule has 20 heavy (non-hydrogen) atoms. The Kier molecular flexibility index (Phi) is 7.50. The fourth-order valence-corrected chi connectivity index (χ4v) is 2.80. The lowest BCUT2D eigenvalue weighted by atomic mass is 10.1. The predicted octanol–water partition coefficient (Wildman–Crippen LogP) is 3.25. The van der Waals surface area contributed by atoms with E-state index < -0.39 is 0 Å². The Morgan fingerprint density at radius 3 is 2.80 bits per heavy atom. The molecule has 0 saturated carbocycles. The first kappa shape index (κ1) is 16.9. The third-order valence-electron chi connectivity index (χ3n) is 3.39. The lowest BCUT2D eigenvalue weighted by Gasteiger charge is -2.27. The zero-order chi connectivity index (χ0) is 15.0. The van der Waals surface area contributed by atoms with Crippen LogP contribution in [0.5, 0.6) is 0 Å². The Morgan fingerprint density at radius 1 is 1.45 bits per heavy atom. The van der Waals surface area contributed by atoms with Gasteiger partial charge in [0.2, 0.25) is 0 Å². The first-order chi connectivity index (χ1) is 9.63. The van der Waals surface area contributed by atoms with Gasteiger partial charge in [-0.25, -0.2) is 0 Å². The smallest absolute Gasteiger partial charge is 0.101 e. The number of nitrogens with zero attached hydrogens (tertiary/aromatic N) is 2. The molecule has 1 rings (SSSR count). The second-order valence-electron chi connectivity index (χ2n) is 5.06. The SMILES string of the molecule is CCCNCc1ccc(N(C)C(C)CSC)c(C#N)c1. The van der Waals surface area contributed by atoms with Gasteiger partial charge in [0.25, 0.3) is 0 Å². The van der Waals surface area contributed by atoms with Crippen molar-refractivity contribution in [1.82, 2.24) is 5.32 Å². The number of anilines is 1. The van der Waals surface area contributed by atoms with Crippen LogP contribution in [0.3, 0.4) is 0 Å². The van der Waals surface area contributed by atoms with Gasteiger partial charge in [0.05, 0.1) is 11.3 Å². The molecular weight excluding hydrogens is 266 g/mol. The molecule has 0 fully saturated rings. The fraction of sp³-hybridized carbons (Fsp3) is 0.562. The second kappa shape index (κ2) is 8.89. The molecule has 3 nitrogen and oxygen atoms in total. The Morgan fingerprint density at radius 2 is 2.20 bits per heavy atom. The first-order valence-corrected chi connectivity index (χ1v) is 8.48. The summed E-state index contributed by atoms with van der Waals surface area (Å²) in [5.41, 5.74) is 2.95. The van der Waals surface area contributed by atoms with Gasteiger partial charge in [0, 0.05) is 25.4 Å². The van der Waals surface area contributed by atoms with Crippen LogP contribution in [-0.2, 0) is 6.54 Å². The maximum absolute atomic E-state index is 9.37.